The molecule has 0 bridgehead atoms. The van der Waals surface area contributed by atoms with Crippen LogP contribution in [0, 0.1) is 5.92 Å². The van der Waals surface area contributed by atoms with Crippen LogP contribution < -0.4 is 5.32 Å². The highest BCUT2D eigenvalue weighted by atomic mass is 19.4. The van der Waals surface area contributed by atoms with Crippen LogP contribution >= 0.6 is 0 Å². The Kier molecular flexibility index (Phi) is 7.10. The fourth-order valence-corrected chi connectivity index (χ4v) is 4.14. The molecule has 3 rings (SSSR count). The van der Waals surface area contributed by atoms with Gasteiger partial charge in [-0.25, -0.2) is 0 Å². The largest absolute Gasteiger partial charge is 0.397 e. The number of likely N-dealkylation sites (tertiary alicyclic amines) is 2. The van der Waals surface area contributed by atoms with Crippen molar-refractivity contribution in [2.45, 2.75) is 50.9 Å². The van der Waals surface area contributed by atoms with E-state index in [0.717, 1.165) is 25.1 Å². The van der Waals surface area contributed by atoms with Gasteiger partial charge in [-0.05, 0) is 44.4 Å². The standard InChI is InChI=1S/C20H27F3N4O2/c21-20(22,23)12-18(28)26-10-6-17(7-11-26)27-9-3-4-15(14-27)19(29)25-13-16-5-1-2-8-24-16/h1-2,5,8,15,17H,3-4,6-7,9-14H2,(H,25,29). The van der Waals surface area contributed by atoms with E-state index in [4.69, 9.17) is 0 Å². The predicted octanol–water partition coefficient (Wildman–Crippen LogP) is 2.35. The molecule has 29 heavy (non-hydrogen) atoms. The summed E-state index contributed by atoms with van der Waals surface area (Å²) in [6.45, 7) is 2.61. The first-order valence-electron chi connectivity index (χ1n) is 10.1. The Morgan fingerprint density at radius 1 is 1.14 bits per heavy atom. The van der Waals surface area contributed by atoms with Crippen molar-refractivity contribution in [3.8, 4) is 0 Å². The molecule has 0 saturated carbocycles. The monoisotopic (exact) mass is 412 g/mol. The molecule has 1 aromatic heterocycles. The van der Waals surface area contributed by atoms with Gasteiger partial charge in [0.05, 0.1) is 18.2 Å². The highest BCUT2D eigenvalue weighted by Crippen LogP contribution is 2.26. The van der Waals surface area contributed by atoms with Crippen LogP contribution in [0.15, 0.2) is 24.4 Å². The molecule has 0 spiro atoms. The summed E-state index contributed by atoms with van der Waals surface area (Å²) in [6, 6.07) is 5.77. The number of aromatic nitrogens is 1. The molecule has 0 aliphatic carbocycles. The van der Waals surface area contributed by atoms with Gasteiger partial charge in [-0.1, -0.05) is 6.07 Å². The lowest BCUT2D eigenvalue weighted by Gasteiger charge is -2.42. The minimum absolute atomic E-state index is 0.0122. The second kappa shape index (κ2) is 9.56. The van der Waals surface area contributed by atoms with E-state index in [1.54, 1.807) is 6.20 Å². The van der Waals surface area contributed by atoms with Crippen LogP contribution in [-0.4, -0.2) is 65.0 Å². The van der Waals surface area contributed by atoms with Crippen molar-refractivity contribution >= 4 is 11.8 Å². The van der Waals surface area contributed by atoms with Crippen molar-refractivity contribution < 1.29 is 22.8 Å². The van der Waals surface area contributed by atoms with Crippen LogP contribution in [0.1, 0.15) is 37.8 Å². The number of pyridine rings is 1. The second-order valence-electron chi connectivity index (χ2n) is 7.78. The summed E-state index contributed by atoms with van der Waals surface area (Å²) in [5.41, 5.74) is 0.810. The normalized spacial score (nSPS) is 21.8. The summed E-state index contributed by atoms with van der Waals surface area (Å²) >= 11 is 0. The lowest BCUT2D eigenvalue weighted by Crippen LogP contribution is -2.51. The zero-order valence-corrected chi connectivity index (χ0v) is 16.3. The van der Waals surface area contributed by atoms with Crippen molar-refractivity contribution in [3.63, 3.8) is 0 Å². The zero-order valence-electron chi connectivity index (χ0n) is 16.3. The molecule has 160 valence electrons. The highest BCUT2D eigenvalue weighted by molar-refractivity contribution is 5.79. The second-order valence-corrected chi connectivity index (χ2v) is 7.78. The molecule has 1 aromatic rings. The van der Waals surface area contributed by atoms with Gasteiger partial charge in [0.2, 0.25) is 11.8 Å². The van der Waals surface area contributed by atoms with Gasteiger partial charge in [0.25, 0.3) is 0 Å². The van der Waals surface area contributed by atoms with E-state index in [-0.39, 0.29) is 17.9 Å². The maximum atomic E-state index is 12.5. The van der Waals surface area contributed by atoms with Gasteiger partial charge in [-0.3, -0.25) is 19.5 Å². The van der Waals surface area contributed by atoms with Gasteiger partial charge in [-0.15, -0.1) is 0 Å². The van der Waals surface area contributed by atoms with Gasteiger partial charge in [0.1, 0.15) is 6.42 Å². The first kappa shape index (κ1) is 21.5. The number of nitrogens with one attached hydrogen (secondary N) is 1. The average Bonchev–Trinajstić information content (AvgIpc) is 2.72. The maximum absolute atomic E-state index is 12.5. The van der Waals surface area contributed by atoms with Crippen LogP contribution in [-0.2, 0) is 16.1 Å². The number of halogens is 3. The third-order valence-corrected chi connectivity index (χ3v) is 5.68. The number of rotatable bonds is 5. The predicted molar refractivity (Wildman–Crippen MR) is 101 cm³/mol. The quantitative estimate of drug-likeness (QED) is 0.807. The molecule has 0 radical (unpaired) electrons. The zero-order chi connectivity index (χ0) is 20.9. The first-order valence-corrected chi connectivity index (χ1v) is 10.1. The summed E-state index contributed by atoms with van der Waals surface area (Å²) in [7, 11) is 0. The van der Waals surface area contributed by atoms with E-state index in [1.807, 2.05) is 18.2 Å². The Hall–Kier alpha value is -2.16. The number of hydrogen-bond donors (Lipinski definition) is 1. The minimum atomic E-state index is -4.46. The number of hydrogen-bond acceptors (Lipinski definition) is 4. The number of alkyl halides is 3. The van der Waals surface area contributed by atoms with Crippen LogP contribution in [0.25, 0.3) is 0 Å². The van der Waals surface area contributed by atoms with Crippen molar-refractivity contribution in [1.82, 2.24) is 20.1 Å². The molecule has 9 heteroatoms. The third-order valence-electron chi connectivity index (χ3n) is 5.68. The first-order chi connectivity index (χ1) is 13.8. The number of carbonyl (C=O) groups is 2. The number of carbonyl (C=O) groups excluding carboxylic acids is 2. The van der Waals surface area contributed by atoms with Gasteiger partial charge >= 0.3 is 6.18 Å². The SMILES string of the molecule is O=C(NCc1ccccn1)C1CCCN(C2CCN(C(=O)CC(F)(F)F)CC2)C1. The molecule has 2 aliphatic heterocycles. The number of piperidine rings is 2. The van der Waals surface area contributed by atoms with E-state index in [1.165, 1.54) is 4.90 Å². The summed E-state index contributed by atoms with van der Waals surface area (Å²) in [5.74, 6) is -0.933. The van der Waals surface area contributed by atoms with E-state index in [0.29, 0.717) is 39.0 Å². The molecular formula is C20H27F3N4O2. The molecule has 6 nitrogen and oxygen atoms in total. The smallest absolute Gasteiger partial charge is 0.350 e. The fraction of sp³-hybridized carbons (Fsp3) is 0.650. The van der Waals surface area contributed by atoms with Gasteiger partial charge in [0.15, 0.2) is 0 Å². The van der Waals surface area contributed by atoms with Crippen molar-refractivity contribution in [1.29, 1.82) is 0 Å². The molecule has 3 heterocycles. The Morgan fingerprint density at radius 2 is 1.90 bits per heavy atom. The van der Waals surface area contributed by atoms with E-state index >= 15 is 0 Å². The van der Waals surface area contributed by atoms with Crippen LogP contribution in [0.2, 0.25) is 0 Å². The number of nitrogens with zero attached hydrogens (tertiary/aromatic N) is 3. The summed E-state index contributed by atoms with van der Waals surface area (Å²) in [6.07, 6.45) is -1.13. The topological polar surface area (TPSA) is 65.5 Å². The lowest BCUT2D eigenvalue weighted by molar-refractivity contribution is -0.162. The molecule has 2 fully saturated rings. The lowest BCUT2D eigenvalue weighted by atomic mass is 9.93. The fourth-order valence-electron chi connectivity index (χ4n) is 4.14. The van der Waals surface area contributed by atoms with Crippen LogP contribution in [0.4, 0.5) is 13.2 Å². The summed E-state index contributed by atoms with van der Waals surface area (Å²) in [4.78, 5) is 32.1. The van der Waals surface area contributed by atoms with Crippen molar-refractivity contribution in [3.05, 3.63) is 30.1 Å². The molecule has 1 unspecified atom stereocenters. The molecule has 1 atom stereocenters. The van der Waals surface area contributed by atoms with E-state index in [2.05, 4.69) is 15.2 Å². The minimum Gasteiger partial charge on any atom is -0.350 e. The van der Waals surface area contributed by atoms with Crippen molar-refractivity contribution in [2.24, 2.45) is 5.92 Å². The third kappa shape index (κ3) is 6.42. The van der Waals surface area contributed by atoms with Gasteiger partial charge in [0, 0.05) is 31.9 Å². The van der Waals surface area contributed by atoms with E-state index < -0.39 is 18.5 Å². The summed E-state index contributed by atoms with van der Waals surface area (Å²) < 4.78 is 37.3. The van der Waals surface area contributed by atoms with Crippen LogP contribution in [0.5, 0.6) is 0 Å². The van der Waals surface area contributed by atoms with Crippen LogP contribution in [0.3, 0.4) is 0 Å². The molecule has 0 aromatic carbocycles. The van der Waals surface area contributed by atoms with E-state index in [9.17, 15) is 22.8 Å². The maximum Gasteiger partial charge on any atom is 0.397 e. The Morgan fingerprint density at radius 3 is 2.55 bits per heavy atom. The Labute approximate surface area is 168 Å². The highest BCUT2D eigenvalue weighted by Gasteiger charge is 2.36. The molecule has 2 aliphatic rings. The molecule has 2 saturated heterocycles. The Balaban J connectivity index is 1.45. The Bertz CT molecular complexity index is 691. The molecular weight excluding hydrogens is 385 g/mol. The average molecular weight is 412 g/mol. The van der Waals surface area contributed by atoms with Crippen molar-refractivity contribution in [2.75, 3.05) is 26.2 Å². The summed E-state index contributed by atoms with van der Waals surface area (Å²) in [5, 5.41) is 2.95. The molecule has 2 amide bonds. The van der Waals surface area contributed by atoms with Gasteiger partial charge in [-0.2, -0.15) is 13.2 Å². The van der Waals surface area contributed by atoms with Gasteiger partial charge < -0.3 is 10.2 Å². The number of amides is 2. The molecule has 1 N–H and O–H groups in total.